The van der Waals surface area contributed by atoms with Crippen LogP contribution in [0.5, 0.6) is 5.75 Å². The smallest absolute Gasteiger partial charge is 0.419 e. The van der Waals surface area contributed by atoms with E-state index in [-0.39, 0.29) is 6.61 Å². The lowest BCUT2D eigenvalue weighted by molar-refractivity contribution is -0.138. The summed E-state index contributed by atoms with van der Waals surface area (Å²) < 4.78 is 37.6. The maximum absolute atomic E-state index is 12.5. The van der Waals surface area contributed by atoms with Gasteiger partial charge in [-0.05, 0) is 30.9 Å². The van der Waals surface area contributed by atoms with Gasteiger partial charge in [-0.15, -0.1) is 0 Å². The largest absolute Gasteiger partial charge is 0.507 e. The molecule has 3 nitrogen and oxygen atoms in total. The van der Waals surface area contributed by atoms with Crippen molar-refractivity contribution in [1.29, 1.82) is 0 Å². The Morgan fingerprint density at radius 2 is 2.05 bits per heavy atom. The normalized spacial score (nSPS) is 20.0. The topological polar surface area (TPSA) is 43.7 Å². The lowest BCUT2D eigenvalue weighted by Crippen LogP contribution is -2.20. The molecule has 0 radical (unpaired) electrons. The van der Waals surface area contributed by atoms with Crippen molar-refractivity contribution in [2.45, 2.75) is 19.0 Å². The van der Waals surface area contributed by atoms with Crippen LogP contribution in [0.2, 0.25) is 0 Å². The number of alkyl halides is 3. The molecule has 1 aliphatic rings. The molecule has 1 unspecified atom stereocenters. The second-order valence-electron chi connectivity index (χ2n) is 4.81. The van der Waals surface area contributed by atoms with E-state index in [1.165, 1.54) is 6.07 Å². The second kappa shape index (κ2) is 5.28. The summed E-state index contributed by atoms with van der Waals surface area (Å²) in [6, 6.07) is 3.44. The monoisotopic (exact) mass is 275 g/mol. The molecule has 19 heavy (non-hydrogen) atoms. The van der Waals surface area contributed by atoms with Gasteiger partial charge in [0.25, 0.3) is 0 Å². The molecule has 1 aromatic carbocycles. The van der Waals surface area contributed by atoms with Crippen molar-refractivity contribution in [2.24, 2.45) is 5.92 Å². The maximum Gasteiger partial charge on any atom is 0.419 e. The molecular formula is C13H16F3NO2. The Balaban J connectivity index is 2.13. The summed E-state index contributed by atoms with van der Waals surface area (Å²) in [6.45, 7) is 1.55. The summed E-state index contributed by atoms with van der Waals surface area (Å²) >= 11 is 0. The van der Waals surface area contributed by atoms with E-state index in [1.54, 1.807) is 0 Å². The molecule has 1 aliphatic heterocycles. The molecule has 0 aliphatic carbocycles. The van der Waals surface area contributed by atoms with Gasteiger partial charge in [0.1, 0.15) is 5.75 Å². The van der Waals surface area contributed by atoms with E-state index in [2.05, 4.69) is 0 Å². The summed E-state index contributed by atoms with van der Waals surface area (Å²) in [7, 11) is 0. The first-order chi connectivity index (χ1) is 8.91. The number of aliphatic hydroxyl groups is 1. The summed E-state index contributed by atoms with van der Waals surface area (Å²) in [5, 5.41) is 18.3. The Morgan fingerprint density at radius 1 is 1.32 bits per heavy atom. The Hall–Kier alpha value is -1.43. The van der Waals surface area contributed by atoms with Gasteiger partial charge in [-0.25, -0.2) is 0 Å². The van der Waals surface area contributed by atoms with E-state index in [4.69, 9.17) is 5.11 Å². The minimum atomic E-state index is -4.53. The van der Waals surface area contributed by atoms with Gasteiger partial charge >= 0.3 is 6.18 Å². The summed E-state index contributed by atoms with van der Waals surface area (Å²) in [6.07, 6.45) is -2.93. The highest BCUT2D eigenvalue weighted by Gasteiger charge is 2.34. The third-order valence-corrected chi connectivity index (χ3v) is 3.48. The molecule has 0 amide bonds. The number of halogens is 3. The van der Waals surface area contributed by atoms with Crippen molar-refractivity contribution in [2.75, 3.05) is 24.6 Å². The highest BCUT2D eigenvalue weighted by atomic mass is 19.4. The molecule has 0 saturated carbocycles. The third-order valence-electron chi connectivity index (χ3n) is 3.48. The van der Waals surface area contributed by atoms with Gasteiger partial charge in [-0.1, -0.05) is 0 Å². The number of phenols is 1. The van der Waals surface area contributed by atoms with E-state index >= 15 is 0 Å². The first-order valence-electron chi connectivity index (χ1n) is 6.18. The van der Waals surface area contributed by atoms with Crippen LogP contribution in [-0.4, -0.2) is 29.9 Å². The number of hydrogen-bond acceptors (Lipinski definition) is 3. The van der Waals surface area contributed by atoms with Crippen LogP contribution in [0.1, 0.15) is 18.4 Å². The first-order valence-corrected chi connectivity index (χ1v) is 6.18. The van der Waals surface area contributed by atoms with Crippen LogP contribution >= 0.6 is 0 Å². The predicted molar refractivity (Wildman–Crippen MR) is 65.1 cm³/mol. The SMILES string of the molecule is OCCC1CCN(c2ccc(C(F)(F)F)c(O)c2)C1. The van der Waals surface area contributed by atoms with Crippen LogP contribution in [0, 0.1) is 5.92 Å². The fourth-order valence-corrected chi connectivity index (χ4v) is 2.44. The molecule has 1 saturated heterocycles. The zero-order chi connectivity index (χ0) is 14.0. The summed E-state index contributed by atoms with van der Waals surface area (Å²) in [5.74, 6) is -0.384. The van der Waals surface area contributed by atoms with E-state index in [9.17, 15) is 18.3 Å². The number of hydrogen-bond donors (Lipinski definition) is 2. The molecule has 0 aromatic heterocycles. The summed E-state index contributed by atoms with van der Waals surface area (Å²) in [5.41, 5.74) is -0.423. The van der Waals surface area contributed by atoms with Crippen molar-refractivity contribution in [3.63, 3.8) is 0 Å². The standard InChI is InChI=1S/C13H16F3NO2/c14-13(15,16)11-2-1-10(7-12(11)19)17-5-3-9(8-17)4-6-18/h1-2,7,9,18-19H,3-6,8H2. The van der Waals surface area contributed by atoms with Crippen molar-refractivity contribution in [3.05, 3.63) is 23.8 Å². The van der Waals surface area contributed by atoms with Gasteiger partial charge in [0.05, 0.1) is 5.56 Å². The first kappa shape index (κ1) is 14.0. The molecule has 2 N–H and O–H groups in total. The zero-order valence-electron chi connectivity index (χ0n) is 10.3. The highest BCUT2D eigenvalue weighted by Crippen LogP contribution is 2.38. The Morgan fingerprint density at radius 3 is 2.63 bits per heavy atom. The number of aliphatic hydroxyl groups excluding tert-OH is 1. The molecule has 0 bridgehead atoms. The van der Waals surface area contributed by atoms with Gasteiger partial charge in [0.15, 0.2) is 0 Å². The average molecular weight is 275 g/mol. The van der Waals surface area contributed by atoms with Crippen LogP contribution in [0.15, 0.2) is 18.2 Å². The lowest BCUT2D eigenvalue weighted by Gasteiger charge is -2.20. The van der Waals surface area contributed by atoms with Crippen molar-refractivity contribution < 1.29 is 23.4 Å². The molecule has 2 rings (SSSR count). The minimum Gasteiger partial charge on any atom is -0.507 e. The zero-order valence-corrected chi connectivity index (χ0v) is 10.3. The molecule has 0 spiro atoms. The van der Waals surface area contributed by atoms with Crippen molar-refractivity contribution in [1.82, 2.24) is 0 Å². The predicted octanol–water partition coefficient (Wildman–Crippen LogP) is 2.62. The van der Waals surface area contributed by atoms with E-state index in [0.717, 1.165) is 25.1 Å². The van der Waals surface area contributed by atoms with E-state index < -0.39 is 17.5 Å². The van der Waals surface area contributed by atoms with Gasteiger partial charge in [0.2, 0.25) is 0 Å². The molecule has 1 atom stereocenters. The van der Waals surface area contributed by atoms with Crippen LogP contribution in [0.25, 0.3) is 0 Å². The molecule has 6 heteroatoms. The maximum atomic E-state index is 12.5. The third kappa shape index (κ3) is 3.12. The molecular weight excluding hydrogens is 259 g/mol. The van der Waals surface area contributed by atoms with Crippen LogP contribution in [0.3, 0.4) is 0 Å². The number of aromatic hydroxyl groups is 1. The van der Waals surface area contributed by atoms with E-state index in [1.807, 2.05) is 4.90 Å². The van der Waals surface area contributed by atoms with Crippen LogP contribution in [0.4, 0.5) is 18.9 Å². The van der Waals surface area contributed by atoms with Crippen molar-refractivity contribution in [3.8, 4) is 5.75 Å². The molecule has 1 heterocycles. The average Bonchev–Trinajstić information content (AvgIpc) is 2.76. The van der Waals surface area contributed by atoms with Crippen molar-refractivity contribution >= 4 is 5.69 Å². The number of rotatable bonds is 3. The molecule has 1 aromatic rings. The second-order valence-corrected chi connectivity index (χ2v) is 4.81. The van der Waals surface area contributed by atoms with E-state index in [0.29, 0.717) is 24.6 Å². The molecule has 106 valence electrons. The van der Waals surface area contributed by atoms with Gasteiger partial charge in [-0.2, -0.15) is 13.2 Å². The Kier molecular flexibility index (Phi) is 3.89. The fourth-order valence-electron chi connectivity index (χ4n) is 2.44. The number of nitrogens with zero attached hydrogens (tertiary/aromatic N) is 1. The fraction of sp³-hybridized carbons (Fsp3) is 0.538. The number of phenolic OH excluding ortho intramolecular Hbond substituents is 1. The van der Waals surface area contributed by atoms with Crippen LogP contribution in [-0.2, 0) is 6.18 Å². The number of anilines is 1. The Bertz CT molecular complexity index is 448. The highest BCUT2D eigenvalue weighted by molar-refractivity contribution is 5.54. The van der Waals surface area contributed by atoms with Gasteiger partial charge in [-0.3, -0.25) is 0 Å². The quantitative estimate of drug-likeness (QED) is 0.891. The molecule has 1 fully saturated rings. The summed E-state index contributed by atoms with van der Waals surface area (Å²) in [4.78, 5) is 1.93. The minimum absolute atomic E-state index is 0.122. The van der Waals surface area contributed by atoms with Crippen LogP contribution < -0.4 is 4.90 Å². The van der Waals surface area contributed by atoms with Gasteiger partial charge < -0.3 is 15.1 Å². The van der Waals surface area contributed by atoms with Gasteiger partial charge in [0, 0.05) is 31.5 Å². The Labute approximate surface area is 109 Å². The lowest BCUT2D eigenvalue weighted by atomic mass is 10.1. The number of benzene rings is 1.